The SMILES string of the molecule is Cc1c(C(=O)OCc2ccc(C#N)cc2)cccc1[N+](=O)[O-]. The van der Waals surface area contributed by atoms with Crippen molar-refractivity contribution in [2.45, 2.75) is 13.5 Å². The summed E-state index contributed by atoms with van der Waals surface area (Å²) in [5.74, 6) is -0.620. The Balaban J connectivity index is 2.11. The lowest BCUT2D eigenvalue weighted by molar-refractivity contribution is -0.385. The van der Waals surface area contributed by atoms with Crippen molar-refractivity contribution in [3.63, 3.8) is 0 Å². The average molecular weight is 296 g/mol. The molecular weight excluding hydrogens is 284 g/mol. The fourth-order valence-electron chi connectivity index (χ4n) is 1.94. The summed E-state index contributed by atoms with van der Waals surface area (Å²) in [5, 5.41) is 19.6. The Morgan fingerprint density at radius 3 is 2.55 bits per heavy atom. The van der Waals surface area contributed by atoms with Gasteiger partial charge in [0.15, 0.2) is 0 Å². The van der Waals surface area contributed by atoms with Crippen LogP contribution in [0.2, 0.25) is 0 Å². The van der Waals surface area contributed by atoms with Gasteiger partial charge in [-0.2, -0.15) is 5.26 Å². The van der Waals surface area contributed by atoms with Crippen LogP contribution in [-0.2, 0) is 11.3 Å². The minimum absolute atomic E-state index is 0.0344. The fourth-order valence-corrected chi connectivity index (χ4v) is 1.94. The van der Waals surface area contributed by atoms with E-state index in [2.05, 4.69) is 0 Å². The Kier molecular flexibility index (Phi) is 4.49. The Hall–Kier alpha value is -3.20. The molecule has 6 nitrogen and oxygen atoms in total. The first-order valence-corrected chi connectivity index (χ1v) is 6.43. The van der Waals surface area contributed by atoms with Crippen molar-refractivity contribution in [2.75, 3.05) is 0 Å². The molecule has 6 heteroatoms. The van der Waals surface area contributed by atoms with E-state index in [0.717, 1.165) is 5.56 Å². The van der Waals surface area contributed by atoms with Gasteiger partial charge in [0.05, 0.1) is 22.1 Å². The molecule has 2 aromatic carbocycles. The molecule has 2 rings (SSSR count). The summed E-state index contributed by atoms with van der Waals surface area (Å²) in [6, 6.07) is 12.9. The Morgan fingerprint density at radius 2 is 1.95 bits per heavy atom. The zero-order valence-electron chi connectivity index (χ0n) is 11.8. The fraction of sp³-hybridized carbons (Fsp3) is 0.125. The second-order valence-electron chi connectivity index (χ2n) is 4.59. The summed E-state index contributed by atoms with van der Waals surface area (Å²) < 4.78 is 5.16. The lowest BCUT2D eigenvalue weighted by Crippen LogP contribution is -2.08. The minimum Gasteiger partial charge on any atom is -0.457 e. The van der Waals surface area contributed by atoms with Gasteiger partial charge >= 0.3 is 5.97 Å². The normalized spacial score (nSPS) is 9.82. The number of nitrogens with zero attached hydrogens (tertiary/aromatic N) is 2. The van der Waals surface area contributed by atoms with Gasteiger partial charge in [0.1, 0.15) is 6.61 Å². The van der Waals surface area contributed by atoms with Crippen LogP contribution in [0.1, 0.15) is 27.0 Å². The number of hydrogen-bond acceptors (Lipinski definition) is 5. The highest BCUT2D eigenvalue weighted by molar-refractivity contribution is 5.92. The molecular formula is C16H12N2O4. The number of nitro benzene ring substituents is 1. The maximum atomic E-state index is 12.0. The van der Waals surface area contributed by atoms with Crippen molar-refractivity contribution in [2.24, 2.45) is 0 Å². The predicted octanol–water partition coefficient (Wildman–Crippen LogP) is 3.13. The van der Waals surface area contributed by atoms with Crippen LogP contribution in [-0.4, -0.2) is 10.9 Å². The van der Waals surface area contributed by atoms with E-state index in [1.807, 2.05) is 6.07 Å². The number of esters is 1. The predicted molar refractivity (Wildman–Crippen MR) is 78.1 cm³/mol. The molecule has 0 aromatic heterocycles. The van der Waals surface area contributed by atoms with E-state index in [9.17, 15) is 14.9 Å². The van der Waals surface area contributed by atoms with Gasteiger partial charge in [-0.05, 0) is 30.7 Å². The van der Waals surface area contributed by atoms with E-state index in [1.54, 1.807) is 24.3 Å². The van der Waals surface area contributed by atoms with Crippen LogP contribution in [0.3, 0.4) is 0 Å². The smallest absolute Gasteiger partial charge is 0.338 e. The van der Waals surface area contributed by atoms with Gasteiger partial charge < -0.3 is 4.74 Å². The summed E-state index contributed by atoms with van der Waals surface area (Å²) >= 11 is 0. The van der Waals surface area contributed by atoms with Crippen molar-refractivity contribution < 1.29 is 14.5 Å². The van der Waals surface area contributed by atoms with Crippen molar-refractivity contribution in [1.82, 2.24) is 0 Å². The molecule has 2 aromatic rings. The van der Waals surface area contributed by atoms with Crippen LogP contribution in [0.25, 0.3) is 0 Å². The average Bonchev–Trinajstić information content (AvgIpc) is 2.53. The molecule has 0 aliphatic rings. The standard InChI is InChI=1S/C16H12N2O4/c1-11-14(3-2-4-15(11)18(20)21)16(19)22-10-13-7-5-12(9-17)6-8-13/h2-8H,10H2,1H3. The Labute approximate surface area is 126 Å². The van der Waals surface area contributed by atoms with E-state index in [1.165, 1.54) is 25.1 Å². The van der Waals surface area contributed by atoms with Crippen LogP contribution in [0, 0.1) is 28.4 Å². The molecule has 0 unspecified atom stereocenters. The third kappa shape index (κ3) is 3.27. The highest BCUT2D eigenvalue weighted by Gasteiger charge is 2.18. The molecule has 0 radical (unpaired) electrons. The first kappa shape index (κ1) is 15.2. The molecule has 0 aliphatic carbocycles. The zero-order valence-corrected chi connectivity index (χ0v) is 11.8. The molecule has 0 amide bonds. The number of hydrogen-bond donors (Lipinski definition) is 0. The molecule has 110 valence electrons. The van der Waals surface area contributed by atoms with Crippen molar-refractivity contribution >= 4 is 11.7 Å². The van der Waals surface area contributed by atoms with Gasteiger partial charge in [-0.25, -0.2) is 4.79 Å². The van der Waals surface area contributed by atoms with E-state index < -0.39 is 10.9 Å². The number of nitro groups is 1. The summed E-state index contributed by atoms with van der Waals surface area (Å²) in [6.07, 6.45) is 0. The number of carbonyl (C=O) groups excluding carboxylic acids is 1. The van der Waals surface area contributed by atoms with E-state index in [0.29, 0.717) is 5.56 Å². The number of nitriles is 1. The van der Waals surface area contributed by atoms with Gasteiger partial charge in [0.25, 0.3) is 5.69 Å². The number of benzene rings is 2. The molecule has 0 saturated carbocycles. The van der Waals surface area contributed by atoms with Crippen LogP contribution >= 0.6 is 0 Å². The maximum Gasteiger partial charge on any atom is 0.338 e. The Bertz CT molecular complexity index is 761. The first-order valence-electron chi connectivity index (χ1n) is 6.43. The van der Waals surface area contributed by atoms with Gasteiger partial charge in [0.2, 0.25) is 0 Å². The van der Waals surface area contributed by atoms with Gasteiger partial charge in [0, 0.05) is 11.6 Å². The largest absolute Gasteiger partial charge is 0.457 e. The van der Waals surface area contributed by atoms with E-state index in [-0.39, 0.29) is 23.4 Å². The molecule has 0 spiro atoms. The van der Waals surface area contributed by atoms with Crippen LogP contribution in [0.15, 0.2) is 42.5 Å². The highest BCUT2D eigenvalue weighted by atomic mass is 16.6. The number of ether oxygens (including phenoxy) is 1. The lowest BCUT2D eigenvalue weighted by atomic mass is 10.1. The Morgan fingerprint density at radius 1 is 1.27 bits per heavy atom. The molecule has 0 N–H and O–H groups in total. The van der Waals surface area contributed by atoms with Crippen LogP contribution in [0.4, 0.5) is 5.69 Å². The second-order valence-corrected chi connectivity index (χ2v) is 4.59. The maximum absolute atomic E-state index is 12.0. The van der Waals surface area contributed by atoms with E-state index in [4.69, 9.17) is 10.00 Å². The molecule has 0 atom stereocenters. The molecule has 22 heavy (non-hydrogen) atoms. The summed E-state index contributed by atoms with van der Waals surface area (Å²) in [5.41, 5.74) is 1.58. The summed E-state index contributed by atoms with van der Waals surface area (Å²) in [6.45, 7) is 1.54. The van der Waals surface area contributed by atoms with Gasteiger partial charge in [-0.3, -0.25) is 10.1 Å². The van der Waals surface area contributed by atoms with Crippen LogP contribution in [0.5, 0.6) is 0 Å². The highest BCUT2D eigenvalue weighted by Crippen LogP contribution is 2.22. The molecule has 0 fully saturated rings. The lowest BCUT2D eigenvalue weighted by Gasteiger charge is -2.07. The van der Waals surface area contributed by atoms with Gasteiger partial charge in [-0.1, -0.05) is 18.2 Å². The molecule has 0 aliphatic heterocycles. The minimum atomic E-state index is -0.620. The van der Waals surface area contributed by atoms with Gasteiger partial charge in [-0.15, -0.1) is 0 Å². The second kappa shape index (κ2) is 6.50. The monoisotopic (exact) mass is 296 g/mol. The zero-order chi connectivity index (χ0) is 16.1. The molecule has 0 saturated heterocycles. The third-order valence-corrected chi connectivity index (χ3v) is 3.17. The van der Waals surface area contributed by atoms with Crippen molar-refractivity contribution in [1.29, 1.82) is 5.26 Å². The van der Waals surface area contributed by atoms with E-state index >= 15 is 0 Å². The number of rotatable bonds is 4. The van der Waals surface area contributed by atoms with Crippen molar-refractivity contribution in [3.05, 3.63) is 74.8 Å². The van der Waals surface area contributed by atoms with Crippen molar-refractivity contribution in [3.8, 4) is 6.07 Å². The first-order chi connectivity index (χ1) is 10.5. The molecule has 0 heterocycles. The third-order valence-electron chi connectivity index (χ3n) is 3.17. The number of carbonyl (C=O) groups is 1. The summed E-state index contributed by atoms with van der Waals surface area (Å²) in [4.78, 5) is 22.4. The topological polar surface area (TPSA) is 93.2 Å². The molecule has 0 bridgehead atoms. The van der Waals surface area contributed by atoms with Crippen LogP contribution < -0.4 is 0 Å². The quantitative estimate of drug-likeness (QED) is 0.491. The summed E-state index contributed by atoms with van der Waals surface area (Å²) in [7, 11) is 0.